The fraction of sp³-hybridized carbons (Fsp3) is 0.278. The number of anilines is 1. The quantitative estimate of drug-likeness (QED) is 0.900. The minimum absolute atomic E-state index is 0.112. The molecular weight excluding hydrogens is 350 g/mol. The van der Waals surface area contributed by atoms with Crippen molar-refractivity contribution in [1.29, 1.82) is 0 Å². The van der Waals surface area contributed by atoms with Gasteiger partial charge in [-0.3, -0.25) is 4.79 Å². The molecule has 0 saturated heterocycles. The van der Waals surface area contributed by atoms with Crippen LogP contribution in [0, 0.1) is 11.6 Å². The Morgan fingerprint density at radius 3 is 2.76 bits per heavy atom. The third-order valence-electron chi connectivity index (χ3n) is 3.92. The number of halogens is 3. The standard InChI is InChI=1S/C18H17ClF2N2O2/c19-15-8-13(20)3-2-12(15)10-22-18(24)11-23-6-1-7-25-17-9-14(21)4-5-16(17)23/h2-5,8-9H,1,6-7,10-11H2,(H,22,24). The number of carbonyl (C=O) groups is 1. The lowest BCUT2D eigenvalue weighted by Crippen LogP contribution is -2.37. The molecule has 1 aliphatic rings. The summed E-state index contributed by atoms with van der Waals surface area (Å²) in [5.74, 6) is -0.575. The Bertz CT molecular complexity index is 786. The minimum atomic E-state index is -0.423. The summed E-state index contributed by atoms with van der Waals surface area (Å²) in [7, 11) is 0. The number of amides is 1. The molecule has 0 atom stereocenters. The fourth-order valence-electron chi connectivity index (χ4n) is 2.68. The van der Waals surface area contributed by atoms with E-state index < -0.39 is 5.82 Å². The molecule has 3 rings (SSSR count). The molecule has 0 saturated carbocycles. The average molecular weight is 367 g/mol. The zero-order valence-electron chi connectivity index (χ0n) is 13.4. The molecule has 2 aromatic carbocycles. The number of nitrogens with one attached hydrogen (secondary N) is 1. The van der Waals surface area contributed by atoms with E-state index in [1.165, 1.54) is 30.3 Å². The van der Waals surface area contributed by atoms with Crippen molar-refractivity contribution in [3.05, 3.63) is 58.6 Å². The van der Waals surface area contributed by atoms with Crippen LogP contribution in [0.5, 0.6) is 5.75 Å². The van der Waals surface area contributed by atoms with Gasteiger partial charge in [0, 0.05) is 24.2 Å². The maximum absolute atomic E-state index is 13.4. The molecule has 4 nitrogen and oxygen atoms in total. The lowest BCUT2D eigenvalue weighted by Gasteiger charge is -2.23. The third kappa shape index (κ3) is 4.39. The van der Waals surface area contributed by atoms with E-state index in [0.717, 1.165) is 6.42 Å². The number of hydrogen-bond donors (Lipinski definition) is 1. The molecule has 0 aromatic heterocycles. The highest BCUT2D eigenvalue weighted by molar-refractivity contribution is 6.31. The smallest absolute Gasteiger partial charge is 0.239 e. The number of benzene rings is 2. The maximum Gasteiger partial charge on any atom is 0.239 e. The highest BCUT2D eigenvalue weighted by Crippen LogP contribution is 2.31. The second-order valence-electron chi connectivity index (χ2n) is 5.75. The molecule has 1 amide bonds. The van der Waals surface area contributed by atoms with Crippen molar-refractivity contribution >= 4 is 23.2 Å². The topological polar surface area (TPSA) is 41.6 Å². The predicted molar refractivity (Wildman–Crippen MR) is 92.0 cm³/mol. The van der Waals surface area contributed by atoms with E-state index in [4.69, 9.17) is 16.3 Å². The SMILES string of the molecule is O=C(CN1CCCOc2cc(F)ccc21)NCc1ccc(F)cc1Cl. The second kappa shape index (κ2) is 7.70. The van der Waals surface area contributed by atoms with Crippen LogP contribution in [-0.4, -0.2) is 25.6 Å². The first-order chi connectivity index (χ1) is 12.0. The first-order valence-electron chi connectivity index (χ1n) is 7.91. The summed E-state index contributed by atoms with van der Waals surface area (Å²) >= 11 is 5.95. The molecule has 2 aromatic rings. The molecular formula is C18H17ClF2N2O2. The number of nitrogens with zero attached hydrogens (tertiary/aromatic N) is 1. The summed E-state index contributed by atoms with van der Waals surface area (Å²) in [6.45, 7) is 1.42. The van der Waals surface area contributed by atoms with Crippen LogP contribution in [0.15, 0.2) is 36.4 Å². The van der Waals surface area contributed by atoms with Crippen LogP contribution in [0.4, 0.5) is 14.5 Å². The minimum Gasteiger partial charge on any atom is -0.491 e. The lowest BCUT2D eigenvalue weighted by molar-refractivity contribution is -0.119. The molecule has 1 aliphatic heterocycles. The van der Waals surface area contributed by atoms with Gasteiger partial charge < -0.3 is 15.0 Å². The van der Waals surface area contributed by atoms with Gasteiger partial charge in [-0.05, 0) is 36.2 Å². The predicted octanol–water partition coefficient (Wildman–Crippen LogP) is 3.52. The monoisotopic (exact) mass is 366 g/mol. The van der Waals surface area contributed by atoms with Gasteiger partial charge >= 0.3 is 0 Å². The maximum atomic E-state index is 13.4. The van der Waals surface area contributed by atoms with Crippen LogP contribution < -0.4 is 15.0 Å². The molecule has 0 spiro atoms. The molecule has 132 valence electrons. The van der Waals surface area contributed by atoms with Crippen LogP contribution in [0.3, 0.4) is 0 Å². The van der Waals surface area contributed by atoms with Gasteiger partial charge in [-0.1, -0.05) is 17.7 Å². The highest BCUT2D eigenvalue weighted by atomic mass is 35.5. The van der Waals surface area contributed by atoms with Crippen LogP contribution in [0.25, 0.3) is 0 Å². The summed E-state index contributed by atoms with van der Waals surface area (Å²) in [6.07, 6.45) is 0.730. The average Bonchev–Trinajstić information content (AvgIpc) is 2.76. The van der Waals surface area contributed by atoms with Crippen molar-refractivity contribution in [2.45, 2.75) is 13.0 Å². The Balaban J connectivity index is 1.64. The number of hydrogen-bond acceptors (Lipinski definition) is 3. The molecule has 0 bridgehead atoms. The first kappa shape index (κ1) is 17.5. The zero-order valence-corrected chi connectivity index (χ0v) is 14.2. The molecule has 0 radical (unpaired) electrons. The summed E-state index contributed by atoms with van der Waals surface area (Å²) in [5, 5.41) is 3.03. The molecule has 1 heterocycles. The van der Waals surface area contributed by atoms with E-state index >= 15 is 0 Å². The van der Waals surface area contributed by atoms with E-state index in [1.54, 1.807) is 6.07 Å². The molecule has 0 fully saturated rings. The van der Waals surface area contributed by atoms with Gasteiger partial charge in [0.05, 0.1) is 18.8 Å². The van der Waals surface area contributed by atoms with Crippen molar-refractivity contribution in [3.8, 4) is 5.75 Å². The van der Waals surface area contributed by atoms with Gasteiger partial charge in [-0.25, -0.2) is 8.78 Å². The van der Waals surface area contributed by atoms with Crippen molar-refractivity contribution in [2.75, 3.05) is 24.6 Å². The van der Waals surface area contributed by atoms with Gasteiger partial charge in [0.25, 0.3) is 0 Å². The molecule has 0 unspecified atom stereocenters. The van der Waals surface area contributed by atoms with Gasteiger partial charge in [0.15, 0.2) is 0 Å². The summed E-state index contributed by atoms with van der Waals surface area (Å²) in [6, 6.07) is 8.32. The Labute approximate surface area is 149 Å². The van der Waals surface area contributed by atoms with Crippen molar-refractivity contribution in [1.82, 2.24) is 5.32 Å². The van der Waals surface area contributed by atoms with E-state index in [1.807, 2.05) is 4.90 Å². The summed E-state index contributed by atoms with van der Waals surface area (Å²) < 4.78 is 32.0. The van der Waals surface area contributed by atoms with E-state index in [2.05, 4.69) is 5.32 Å². The number of ether oxygens (including phenoxy) is 1. The molecule has 0 aliphatic carbocycles. The largest absolute Gasteiger partial charge is 0.491 e. The van der Waals surface area contributed by atoms with Gasteiger partial charge in [-0.15, -0.1) is 0 Å². The van der Waals surface area contributed by atoms with Crippen LogP contribution >= 0.6 is 11.6 Å². The Morgan fingerprint density at radius 2 is 1.96 bits per heavy atom. The van der Waals surface area contributed by atoms with Crippen molar-refractivity contribution < 1.29 is 18.3 Å². The van der Waals surface area contributed by atoms with Gasteiger partial charge in [0.2, 0.25) is 5.91 Å². The van der Waals surface area contributed by atoms with Gasteiger partial charge in [0.1, 0.15) is 17.4 Å². The summed E-state index contributed by atoms with van der Waals surface area (Å²) in [4.78, 5) is 14.1. The number of rotatable bonds is 4. The normalized spacial score (nSPS) is 13.6. The Morgan fingerprint density at radius 1 is 1.20 bits per heavy atom. The number of fused-ring (bicyclic) bond motifs is 1. The van der Waals surface area contributed by atoms with E-state index in [0.29, 0.717) is 30.2 Å². The van der Waals surface area contributed by atoms with Crippen molar-refractivity contribution in [3.63, 3.8) is 0 Å². The van der Waals surface area contributed by atoms with Crippen LogP contribution in [-0.2, 0) is 11.3 Å². The second-order valence-corrected chi connectivity index (χ2v) is 6.16. The lowest BCUT2D eigenvalue weighted by atomic mass is 10.2. The van der Waals surface area contributed by atoms with Crippen LogP contribution in [0.2, 0.25) is 5.02 Å². The Kier molecular flexibility index (Phi) is 5.38. The molecule has 1 N–H and O–H groups in total. The van der Waals surface area contributed by atoms with Crippen LogP contribution in [0.1, 0.15) is 12.0 Å². The molecule has 7 heteroatoms. The van der Waals surface area contributed by atoms with Gasteiger partial charge in [-0.2, -0.15) is 0 Å². The molecule has 25 heavy (non-hydrogen) atoms. The summed E-state index contributed by atoms with van der Waals surface area (Å²) in [5.41, 5.74) is 1.33. The Hall–Kier alpha value is -2.34. The zero-order chi connectivity index (χ0) is 17.8. The van der Waals surface area contributed by atoms with Crippen molar-refractivity contribution in [2.24, 2.45) is 0 Å². The van der Waals surface area contributed by atoms with E-state index in [9.17, 15) is 13.6 Å². The highest BCUT2D eigenvalue weighted by Gasteiger charge is 2.19. The van der Waals surface area contributed by atoms with E-state index in [-0.39, 0.29) is 29.8 Å². The number of carbonyl (C=O) groups excluding carboxylic acids is 1. The fourth-order valence-corrected chi connectivity index (χ4v) is 2.91. The third-order valence-corrected chi connectivity index (χ3v) is 4.27. The first-order valence-corrected chi connectivity index (χ1v) is 8.28.